The maximum Gasteiger partial charge on any atom is 0.245 e. The molecule has 1 aliphatic rings. The minimum atomic E-state index is -2.26. The van der Waals surface area contributed by atoms with E-state index in [1.165, 1.54) is 0 Å². The second-order valence-electron chi connectivity index (χ2n) is 3.21. The highest BCUT2D eigenvalue weighted by Crippen LogP contribution is 2.24. The zero-order chi connectivity index (χ0) is 9.14. The van der Waals surface area contributed by atoms with E-state index in [9.17, 15) is 8.78 Å². The van der Waals surface area contributed by atoms with Gasteiger partial charge in [-0.15, -0.1) is 0 Å². The fraction of sp³-hybridized carbons (Fsp3) is 1.00. The van der Waals surface area contributed by atoms with Crippen LogP contribution in [0.3, 0.4) is 0 Å². The zero-order valence-corrected chi connectivity index (χ0v) is 7.46. The van der Waals surface area contributed by atoms with Crippen molar-refractivity contribution in [1.29, 1.82) is 0 Å². The molecule has 2 nitrogen and oxygen atoms in total. The number of nitrogens with zero attached hydrogens (tertiary/aromatic N) is 1. The Morgan fingerprint density at radius 1 is 1.50 bits per heavy atom. The number of hydrogen-bond donors (Lipinski definition) is 0. The molecule has 0 saturated carbocycles. The van der Waals surface area contributed by atoms with Gasteiger partial charge < -0.3 is 9.64 Å². The van der Waals surface area contributed by atoms with Gasteiger partial charge in [0.25, 0.3) is 0 Å². The first-order chi connectivity index (χ1) is 5.65. The summed E-state index contributed by atoms with van der Waals surface area (Å²) in [5.41, 5.74) is 0. The molecule has 4 heteroatoms. The Balaban J connectivity index is 2.47. The van der Waals surface area contributed by atoms with Crippen molar-refractivity contribution >= 4 is 0 Å². The second kappa shape index (κ2) is 4.14. The summed E-state index contributed by atoms with van der Waals surface area (Å²) < 4.78 is 30.0. The molecule has 1 aliphatic heterocycles. The minimum absolute atomic E-state index is 0.278. The Kier molecular flexibility index (Phi) is 3.40. The number of ether oxygens (including phenoxy) is 1. The molecule has 72 valence electrons. The van der Waals surface area contributed by atoms with Crippen molar-refractivity contribution in [1.82, 2.24) is 4.90 Å². The van der Waals surface area contributed by atoms with Gasteiger partial charge in [-0.05, 0) is 14.0 Å². The van der Waals surface area contributed by atoms with E-state index in [1.54, 1.807) is 0 Å². The first-order valence-corrected chi connectivity index (χ1v) is 4.23. The molecule has 0 aromatic carbocycles. The lowest BCUT2D eigenvalue weighted by Gasteiger charge is -2.16. The Morgan fingerprint density at radius 2 is 2.17 bits per heavy atom. The van der Waals surface area contributed by atoms with Crippen molar-refractivity contribution in [3.8, 4) is 0 Å². The number of likely N-dealkylation sites (N-methyl/N-ethyl adjacent to an activating group) is 1. The van der Waals surface area contributed by atoms with Crippen LogP contribution < -0.4 is 0 Å². The van der Waals surface area contributed by atoms with Crippen LogP contribution in [0.25, 0.3) is 0 Å². The summed E-state index contributed by atoms with van der Waals surface area (Å²) >= 11 is 0. The summed E-state index contributed by atoms with van der Waals surface area (Å²) in [6.07, 6.45) is -2.54. The van der Waals surface area contributed by atoms with Gasteiger partial charge in [0.2, 0.25) is 6.43 Å². The average Bonchev–Trinajstić information content (AvgIpc) is 2.32. The van der Waals surface area contributed by atoms with Crippen molar-refractivity contribution in [3.63, 3.8) is 0 Å². The lowest BCUT2D eigenvalue weighted by Crippen LogP contribution is -2.27. The normalized spacial score (nSPS) is 31.8. The summed E-state index contributed by atoms with van der Waals surface area (Å²) in [7, 11) is 1.84. The van der Waals surface area contributed by atoms with E-state index in [1.807, 2.05) is 18.9 Å². The topological polar surface area (TPSA) is 12.5 Å². The third-order valence-corrected chi connectivity index (χ3v) is 2.20. The Bertz CT molecular complexity index is 143. The Labute approximate surface area is 71.5 Å². The van der Waals surface area contributed by atoms with Crippen LogP contribution in [0.15, 0.2) is 0 Å². The van der Waals surface area contributed by atoms with Crippen LogP contribution in [0.4, 0.5) is 8.78 Å². The molecular weight excluding hydrogens is 164 g/mol. The van der Waals surface area contributed by atoms with Crippen LogP contribution in [0.1, 0.15) is 6.92 Å². The van der Waals surface area contributed by atoms with Gasteiger partial charge in [-0.1, -0.05) is 0 Å². The van der Waals surface area contributed by atoms with Crippen LogP contribution in [0.5, 0.6) is 0 Å². The molecule has 0 N–H and O–H groups in total. The van der Waals surface area contributed by atoms with Gasteiger partial charge in [0.05, 0.1) is 12.0 Å². The molecule has 0 aliphatic carbocycles. The van der Waals surface area contributed by atoms with E-state index in [4.69, 9.17) is 4.74 Å². The van der Waals surface area contributed by atoms with Crippen molar-refractivity contribution < 1.29 is 13.5 Å². The van der Waals surface area contributed by atoms with Gasteiger partial charge in [0, 0.05) is 19.7 Å². The maximum atomic E-state index is 12.4. The third-order valence-electron chi connectivity index (χ3n) is 2.20. The Morgan fingerprint density at radius 3 is 2.67 bits per heavy atom. The van der Waals surface area contributed by atoms with Gasteiger partial charge in [-0.3, -0.25) is 0 Å². The lowest BCUT2D eigenvalue weighted by atomic mass is 10.1. The van der Waals surface area contributed by atoms with Crippen LogP contribution in [-0.2, 0) is 4.74 Å². The first kappa shape index (κ1) is 9.86. The largest absolute Gasteiger partial charge is 0.377 e. The predicted octanol–water partition coefficient (Wildman–Crippen LogP) is 1.22. The fourth-order valence-corrected chi connectivity index (χ4v) is 1.63. The average molecular weight is 179 g/mol. The number of rotatable bonds is 3. The minimum Gasteiger partial charge on any atom is -0.377 e. The van der Waals surface area contributed by atoms with Gasteiger partial charge in [0.15, 0.2) is 0 Å². The molecule has 1 heterocycles. The zero-order valence-electron chi connectivity index (χ0n) is 7.46. The molecule has 2 atom stereocenters. The Hall–Kier alpha value is -0.220. The van der Waals surface area contributed by atoms with Crippen LogP contribution in [0.2, 0.25) is 0 Å². The number of likely N-dealkylation sites (tertiary alicyclic amines) is 1. The SMILES string of the molecule is CCO[C@@H]1CN(C)C[C@H]1C(F)F. The van der Waals surface area contributed by atoms with E-state index in [-0.39, 0.29) is 6.10 Å². The molecule has 0 aromatic heterocycles. The van der Waals surface area contributed by atoms with Gasteiger partial charge in [0.1, 0.15) is 0 Å². The highest BCUT2D eigenvalue weighted by molar-refractivity contribution is 4.84. The number of hydrogen-bond acceptors (Lipinski definition) is 2. The van der Waals surface area contributed by atoms with Crippen molar-refractivity contribution in [2.75, 3.05) is 26.7 Å². The molecule has 12 heavy (non-hydrogen) atoms. The second-order valence-corrected chi connectivity index (χ2v) is 3.21. The molecule has 0 spiro atoms. The van der Waals surface area contributed by atoms with Crippen LogP contribution in [-0.4, -0.2) is 44.2 Å². The van der Waals surface area contributed by atoms with Gasteiger partial charge >= 0.3 is 0 Å². The summed E-state index contributed by atoms with van der Waals surface area (Å²) in [5.74, 6) is -0.602. The van der Waals surface area contributed by atoms with Gasteiger partial charge in [-0.2, -0.15) is 0 Å². The molecule has 0 bridgehead atoms. The molecule has 0 radical (unpaired) electrons. The monoisotopic (exact) mass is 179 g/mol. The van der Waals surface area contributed by atoms with Crippen molar-refractivity contribution in [3.05, 3.63) is 0 Å². The van der Waals surface area contributed by atoms with E-state index in [0.717, 1.165) is 0 Å². The van der Waals surface area contributed by atoms with Crippen LogP contribution >= 0.6 is 0 Å². The highest BCUT2D eigenvalue weighted by atomic mass is 19.3. The lowest BCUT2D eigenvalue weighted by molar-refractivity contribution is -0.0196. The molecule has 0 unspecified atom stereocenters. The van der Waals surface area contributed by atoms with Crippen molar-refractivity contribution in [2.45, 2.75) is 19.5 Å². The van der Waals surface area contributed by atoms with E-state index >= 15 is 0 Å². The summed E-state index contributed by atoms with van der Waals surface area (Å²) in [6, 6.07) is 0. The standard InChI is InChI=1S/C8H15F2NO/c1-3-12-7-5-11(2)4-6(7)8(9)10/h6-8H,3-5H2,1-2H3/t6-,7-/m1/s1. The highest BCUT2D eigenvalue weighted by Gasteiger charge is 2.37. The number of halogens is 2. The van der Waals surface area contributed by atoms with E-state index in [2.05, 4.69) is 0 Å². The first-order valence-electron chi connectivity index (χ1n) is 4.23. The molecule has 1 fully saturated rings. The maximum absolute atomic E-state index is 12.4. The number of alkyl halides is 2. The van der Waals surface area contributed by atoms with Gasteiger partial charge in [-0.25, -0.2) is 8.78 Å². The van der Waals surface area contributed by atoms with Crippen molar-refractivity contribution in [2.24, 2.45) is 5.92 Å². The quantitative estimate of drug-likeness (QED) is 0.646. The summed E-state index contributed by atoms with van der Waals surface area (Å²) in [4.78, 5) is 1.89. The smallest absolute Gasteiger partial charge is 0.245 e. The van der Waals surface area contributed by atoms with E-state index in [0.29, 0.717) is 19.7 Å². The van der Waals surface area contributed by atoms with E-state index < -0.39 is 12.3 Å². The third kappa shape index (κ3) is 2.14. The summed E-state index contributed by atoms with van der Waals surface area (Å²) in [6.45, 7) is 3.42. The molecule has 0 amide bonds. The summed E-state index contributed by atoms with van der Waals surface area (Å²) in [5, 5.41) is 0. The predicted molar refractivity (Wildman–Crippen MR) is 42.4 cm³/mol. The molecule has 1 rings (SSSR count). The van der Waals surface area contributed by atoms with Crippen LogP contribution in [0, 0.1) is 5.92 Å². The fourth-order valence-electron chi connectivity index (χ4n) is 1.63. The molecule has 0 aromatic rings. The molecule has 1 saturated heterocycles. The molecular formula is C8H15F2NO.